The number of hydrogen-bond donors (Lipinski definition) is 0. The molecule has 2 heterocycles. The number of imide groups is 1. The van der Waals surface area contributed by atoms with Crippen molar-refractivity contribution in [3.05, 3.63) is 107 Å². The van der Waals surface area contributed by atoms with Gasteiger partial charge in [0.15, 0.2) is 0 Å². The van der Waals surface area contributed by atoms with Crippen LogP contribution in [0.15, 0.2) is 84.9 Å². The van der Waals surface area contributed by atoms with Crippen LogP contribution >= 0.6 is 0 Å². The summed E-state index contributed by atoms with van der Waals surface area (Å²) in [6.07, 6.45) is -0.879. The van der Waals surface area contributed by atoms with Gasteiger partial charge in [-0.1, -0.05) is 84.9 Å². The topological polar surface area (TPSA) is 80.8 Å². The van der Waals surface area contributed by atoms with Gasteiger partial charge in [-0.2, -0.15) is 0 Å². The van der Waals surface area contributed by atoms with Gasteiger partial charge in [-0.05, 0) is 11.1 Å². The molecule has 6 nitrogen and oxygen atoms in total. The Balaban J connectivity index is 1.50. The molecule has 2 fully saturated rings. The minimum atomic E-state index is -2.02. The highest BCUT2D eigenvalue weighted by Gasteiger charge is 2.74. The second kappa shape index (κ2) is 7.05. The first-order chi connectivity index (χ1) is 16.0. The molecule has 0 saturated carbocycles. The molecule has 0 aromatic heterocycles. The molecule has 3 aromatic carbocycles. The highest BCUT2D eigenvalue weighted by atomic mass is 16.5. The van der Waals surface area contributed by atoms with Crippen LogP contribution in [0.5, 0.6) is 0 Å². The van der Waals surface area contributed by atoms with E-state index in [1.165, 1.54) is 4.90 Å². The van der Waals surface area contributed by atoms with Crippen molar-refractivity contribution in [2.45, 2.75) is 18.2 Å². The molecule has 2 amide bonds. The quantitative estimate of drug-likeness (QED) is 0.464. The zero-order valence-corrected chi connectivity index (χ0v) is 17.5. The Morgan fingerprint density at radius 2 is 1.24 bits per heavy atom. The van der Waals surface area contributed by atoms with E-state index in [1.807, 2.05) is 36.4 Å². The van der Waals surface area contributed by atoms with Gasteiger partial charge in [-0.3, -0.25) is 24.1 Å². The van der Waals surface area contributed by atoms with Crippen LogP contribution in [0.3, 0.4) is 0 Å². The van der Waals surface area contributed by atoms with Crippen molar-refractivity contribution in [1.29, 1.82) is 0 Å². The Bertz CT molecular complexity index is 1280. The molecular formula is C27H19NO5. The van der Waals surface area contributed by atoms with Crippen LogP contribution in [0.2, 0.25) is 0 Å². The first-order valence-corrected chi connectivity index (χ1v) is 10.8. The number of ketones is 2. The van der Waals surface area contributed by atoms with Crippen molar-refractivity contribution >= 4 is 23.4 Å². The van der Waals surface area contributed by atoms with Gasteiger partial charge in [-0.25, -0.2) is 0 Å². The zero-order chi connectivity index (χ0) is 22.7. The Morgan fingerprint density at radius 3 is 1.85 bits per heavy atom. The highest BCUT2D eigenvalue weighted by Crippen LogP contribution is 2.57. The first kappa shape index (κ1) is 19.8. The highest BCUT2D eigenvalue weighted by molar-refractivity contribution is 6.35. The summed E-state index contributed by atoms with van der Waals surface area (Å²) in [5.74, 6) is -4.20. The molecule has 6 heteroatoms. The fourth-order valence-corrected chi connectivity index (χ4v) is 5.44. The summed E-state index contributed by atoms with van der Waals surface area (Å²) >= 11 is 0. The Morgan fingerprint density at radius 1 is 0.697 bits per heavy atom. The monoisotopic (exact) mass is 437 g/mol. The number of rotatable bonds is 3. The molecule has 33 heavy (non-hydrogen) atoms. The van der Waals surface area contributed by atoms with Gasteiger partial charge < -0.3 is 4.74 Å². The summed E-state index contributed by atoms with van der Waals surface area (Å²) in [6.45, 7) is 0.0818. The van der Waals surface area contributed by atoms with Gasteiger partial charge in [-0.15, -0.1) is 0 Å². The smallest absolute Gasteiger partial charge is 0.237 e. The van der Waals surface area contributed by atoms with Crippen LogP contribution in [0.4, 0.5) is 0 Å². The molecule has 0 radical (unpaired) electrons. The summed E-state index contributed by atoms with van der Waals surface area (Å²) in [7, 11) is 0. The van der Waals surface area contributed by atoms with Gasteiger partial charge in [0.05, 0.1) is 24.5 Å². The third-order valence-electron chi connectivity index (χ3n) is 6.92. The lowest BCUT2D eigenvalue weighted by atomic mass is 9.77. The predicted molar refractivity (Wildman–Crippen MR) is 117 cm³/mol. The summed E-state index contributed by atoms with van der Waals surface area (Å²) in [4.78, 5) is 55.8. The van der Waals surface area contributed by atoms with Gasteiger partial charge >= 0.3 is 0 Å². The second-order valence-electron chi connectivity index (χ2n) is 8.64. The number of hydrogen-bond acceptors (Lipinski definition) is 5. The van der Waals surface area contributed by atoms with E-state index < -0.39 is 46.9 Å². The van der Waals surface area contributed by atoms with E-state index in [-0.39, 0.29) is 17.7 Å². The Labute approximate surface area is 189 Å². The molecular weight excluding hydrogens is 418 g/mol. The average molecular weight is 437 g/mol. The van der Waals surface area contributed by atoms with Crippen LogP contribution < -0.4 is 0 Å². The number of carbonyl (C=O) groups is 4. The summed E-state index contributed by atoms with van der Waals surface area (Å²) in [6, 6.07) is 24.7. The molecule has 0 N–H and O–H groups in total. The van der Waals surface area contributed by atoms with Gasteiger partial charge in [0.1, 0.15) is 0 Å². The average Bonchev–Trinajstić information content (AvgIpc) is 3.42. The number of likely N-dealkylation sites (tertiary alicyclic amines) is 1. The molecule has 6 rings (SSSR count). The van der Waals surface area contributed by atoms with E-state index in [0.29, 0.717) is 5.56 Å². The third kappa shape index (κ3) is 2.58. The third-order valence-corrected chi connectivity index (χ3v) is 6.92. The summed E-state index contributed by atoms with van der Waals surface area (Å²) < 4.78 is 6.24. The number of fused-ring (bicyclic) bond motifs is 3. The van der Waals surface area contributed by atoms with Gasteiger partial charge in [0.25, 0.3) is 0 Å². The molecule has 0 unspecified atom stereocenters. The van der Waals surface area contributed by atoms with Crippen LogP contribution in [0, 0.1) is 11.8 Å². The maximum absolute atomic E-state index is 13.7. The molecule has 3 aromatic rings. The Hall–Kier alpha value is -3.90. The van der Waals surface area contributed by atoms with Gasteiger partial charge in [0.2, 0.25) is 29.0 Å². The molecule has 2 aliphatic heterocycles. The lowest BCUT2D eigenvalue weighted by Gasteiger charge is -2.27. The fraction of sp³-hybridized carbons (Fsp3) is 0.185. The summed E-state index contributed by atoms with van der Waals surface area (Å²) in [5.41, 5.74) is -0.109. The lowest BCUT2D eigenvalue weighted by Crippen LogP contribution is -2.50. The maximum Gasteiger partial charge on any atom is 0.237 e. The molecule has 3 aliphatic rings. The standard InChI is InChI=1S/C27H19NO5/c29-23-18-13-7-8-14-19(18)24(30)27(23)21-20(22(33-27)17-11-5-2-6-12-17)25(31)28(26(21)32)15-16-9-3-1-4-10-16/h1-14,20-22H,15H2/t20-,21-,22-/m0/s1. The van der Waals surface area contributed by atoms with Crippen molar-refractivity contribution in [2.24, 2.45) is 11.8 Å². The van der Waals surface area contributed by atoms with Gasteiger partial charge in [0, 0.05) is 11.1 Å². The Kier molecular flexibility index (Phi) is 4.22. The second-order valence-corrected chi connectivity index (χ2v) is 8.64. The van der Waals surface area contributed by atoms with Crippen LogP contribution in [0.1, 0.15) is 37.9 Å². The largest absolute Gasteiger partial charge is 0.349 e. The number of carbonyl (C=O) groups excluding carboxylic acids is 4. The SMILES string of the molecule is O=C1[C@H]2[C@@H](C(=O)N1Cc1ccccc1)C1(O[C@H]2c2ccccc2)C(=O)c2ccccc2C1=O. The van der Waals surface area contributed by atoms with E-state index in [2.05, 4.69) is 0 Å². The van der Waals surface area contributed by atoms with E-state index in [0.717, 1.165) is 5.56 Å². The molecule has 0 bridgehead atoms. The number of Topliss-reactive ketones (excluding diaryl/α,β-unsaturated/α-hetero) is 2. The van der Waals surface area contributed by atoms with Crippen LogP contribution in [-0.2, 0) is 20.9 Å². The molecule has 1 spiro atoms. The predicted octanol–water partition coefficient (Wildman–Crippen LogP) is 3.38. The van der Waals surface area contributed by atoms with Crippen LogP contribution in [-0.4, -0.2) is 33.9 Å². The minimum absolute atomic E-state index is 0.0818. The minimum Gasteiger partial charge on any atom is -0.349 e. The number of benzene rings is 3. The van der Waals surface area contributed by atoms with Crippen LogP contribution in [0.25, 0.3) is 0 Å². The number of ether oxygens (including phenoxy) is 1. The lowest BCUT2D eigenvalue weighted by molar-refractivity contribution is -0.145. The van der Waals surface area contributed by atoms with Crippen molar-refractivity contribution in [2.75, 3.05) is 0 Å². The molecule has 162 valence electrons. The van der Waals surface area contributed by atoms with E-state index in [9.17, 15) is 19.2 Å². The normalized spacial score (nSPS) is 25.1. The number of amides is 2. The maximum atomic E-state index is 13.7. The molecule has 3 atom stereocenters. The van der Waals surface area contributed by atoms with Crippen molar-refractivity contribution < 1.29 is 23.9 Å². The van der Waals surface area contributed by atoms with E-state index >= 15 is 0 Å². The first-order valence-electron chi connectivity index (χ1n) is 10.8. The molecule has 2 saturated heterocycles. The van der Waals surface area contributed by atoms with E-state index in [4.69, 9.17) is 4.74 Å². The number of nitrogens with zero attached hydrogens (tertiary/aromatic N) is 1. The van der Waals surface area contributed by atoms with E-state index in [1.54, 1.807) is 48.5 Å². The summed E-state index contributed by atoms with van der Waals surface area (Å²) in [5, 5.41) is 0. The zero-order valence-electron chi connectivity index (χ0n) is 17.5. The molecule has 1 aliphatic carbocycles. The fourth-order valence-electron chi connectivity index (χ4n) is 5.44. The van der Waals surface area contributed by atoms with Crippen molar-refractivity contribution in [3.8, 4) is 0 Å². The van der Waals surface area contributed by atoms with Crippen molar-refractivity contribution in [1.82, 2.24) is 4.90 Å². The van der Waals surface area contributed by atoms with Crippen molar-refractivity contribution in [3.63, 3.8) is 0 Å².